The first kappa shape index (κ1) is 12.3. The Kier molecular flexibility index (Phi) is 3.56. The van der Waals surface area contributed by atoms with E-state index in [-0.39, 0.29) is 10.7 Å². The number of carbonyl (C=O) groups excluding carboxylic acids is 1. The number of ether oxygens (including phenoxy) is 2. The molecule has 2 aliphatic heterocycles. The normalized spacial score (nSPS) is 25.6. The van der Waals surface area contributed by atoms with Crippen LogP contribution in [0.1, 0.15) is 20.3 Å². The summed E-state index contributed by atoms with van der Waals surface area (Å²) in [5.41, 5.74) is 0. The van der Waals surface area contributed by atoms with Crippen molar-refractivity contribution >= 4 is 21.8 Å². The van der Waals surface area contributed by atoms with Crippen LogP contribution in [0.3, 0.4) is 0 Å². The van der Waals surface area contributed by atoms with Crippen LogP contribution in [-0.2, 0) is 14.3 Å². The minimum atomic E-state index is -0.501. The average molecular weight is 292 g/mol. The lowest BCUT2D eigenvalue weighted by molar-refractivity contribution is -0.152. The first-order chi connectivity index (χ1) is 7.54. The second-order valence-electron chi connectivity index (χ2n) is 4.76. The van der Waals surface area contributed by atoms with Crippen molar-refractivity contribution in [3.05, 3.63) is 0 Å². The van der Waals surface area contributed by atoms with Crippen LogP contribution in [0, 0.1) is 5.92 Å². The Balaban J connectivity index is 1.95. The maximum Gasteiger partial charge on any atom is 0.236 e. The summed E-state index contributed by atoms with van der Waals surface area (Å²) in [5, 5.41) is 0. The molecule has 0 aromatic rings. The fourth-order valence-electron chi connectivity index (χ4n) is 2.13. The SMILES string of the molecule is CC(C)C(Br)C(=O)N1CCC2(C1)OCCO2. The summed E-state index contributed by atoms with van der Waals surface area (Å²) >= 11 is 3.44. The molecule has 2 aliphatic rings. The van der Waals surface area contributed by atoms with Gasteiger partial charge < -0.3 is 14.4 Å². The van der Waals surface area contributed by atoms with Crippen LogP contribution in [0.2, 0.25) is 0 Å². The Morgan fingerprint density at radius 1 is 1.38 bits per heavy atom. The van der Waals surface area contributed by atoms with E-state index >= 15 is 0 Å². The van der Waals surface area contributed by atoms with Gasteiger partial charge in [-0.05, 0) is 5.92 Å². The van der Waals surface area contributed by atoms with Crippen LogP contribution in [0.15, 0.2) is 0 Å². The van der Waals surface area contributed by atoms with Crippen LogP contribution in [-0.4, -0.2) is 47.7 Å². The minimum absolute atomic E-state index is 0.107. The molecule has 5 heteroatoms. The molecule has 2 fully saturated rings. The van der Waals surface area contributed by atoms with Crippen molar-refractivity contribution in [1.29, 1.82) is 0 Å². The van der Waals surface area contributed by atoms with Gasteiger partial charge >= 0.3 is 0 Å². The maximum atomic E-state index is 12.1. The van der Waals surface area contributed by atoms with Crippen LogP contribution in [0.4, 0.5) is 0 Å². The van der Waals surface area contributed by atoms with E-state index < -0.39 is 5.79 Å². The van der Waals surface area contributed by atoms with E-state index in [1.54, 1.807) is 0 Å². The summed E-state index contributed by atoms with van der Waals surface area (Å²) in [6.07, 6.45) is 0.788. The molecule has 1 amide bonds. The summed E-state index contributed by atoms with van der Waals surface area (Å²) in [6.45, 7) is 6.65. The Labute approximate surface area is 104 Å². The van der Waals surface area contributed by atoms with E-state index in [2.05, 4.69) is 15.9 Å². The van der Waals surface area contributed by atoms with Crippen molar-refractivity contribution in [2.45, 2.75) is 30.9 Å². The zero-order valence-corrected chi connectivity index (χ0v) is 11.3. The fourth-order valence-corrected chi connectivity index (χ4v) is 2.42. The van der Waals surface area contributed by atoms with Gasteiger partial charge in [-0.25, -0.2) is 0 Å². The molecule has 0 N–H and O–H groups in total. The third-order valence-corrected chi connectivity index (χ3v) is 4.59. The highest BCUT2D eigenvalue weighted by Gasteiger charge is 2.45. The average Bonchev–Trinajstić information content (AvgIpc) is 2.87. The lowest BCUT2D eigenvalue weighted by Gasteiger charge is -2.24. The predicted molar refractivity (Wildman–Crippen MR) is 63.4 cm³/mol. The number of rotatable bonds is 2. The molecule has 92 valence electrons. The van der Waals surface area contributed by atoms with Gasteiger partial charge in [-0.3, -0.25) is 4.79 Å². The molecule has 1 spiro atoms. The molecule has 16 heavy (non-hydrogen) atoms. The molecule has 0 saturated carbocycles. The molecular weight excluding hydrogens is 274 g/mol. The van der Waals surface area contributed by atoms with Gasteiger partial charge in [0, 0.05) is 13.0 Å². The van der Waals surface area contributed by atoms with Crippen molar-refractivity contribution in [3.63, 3.8) is 0 Å². The van der Waals surface area contributed by atoms with Gasteiger partial charge in [-0.1, -0.05) is 29.8 Å². The van der Waals surface area contributed by atoms with E-state index in [0.29, 0.717) is 25.7 Å². The summed E-state index contributed by atoms with van der Waals surface area (Å²) in [6, 6.07) is 0. The molecule has 0 radical (unpaired) electrons. The van der Waals surface area contributed by atoms with Gasteiger partial charge in [0.25, 0.3) is 0 Å². The highest BCUT2D eigenvalue weighted by molar-refractivity contribution is 9.10. The highest BCUT2D eigenvalue weighted by atomic mass is 79.9. The molecule has 0 bridgehead atoms. The van der Waals surface area contributed by atoms with Crippen molar-refractivity contribution in [3.8, 4) is 0 Å². The molecule has 1 atom stereocenters. The number of nitrogens with zero attached hydrogens (tertiary/aromatic N) is 1. The maximum absolute atomic E-state index is 12.1. The largest absolute Gasteiger partial charge is 0.346 e. The van der Waals surface area contributed by atoms with Gasteiger partial charge in [-0.15, -0.1) is 0 Å². The van der Waals surface area contributed by atoms with E-state index in [1.165, 1.54) is 0 Å². The number of likely N-dealkylation sites (tertiary alicyclic amines) is 1. The predicted octanol–water partition coefficient (Wildman–Crippen LogP) is 1.38. The molecule has 0 aliphatic carbocycles. The number of hydrogen-bond donors (Lipinski definition) is 0. The van der Waals surface area contributed by atoms with Crippen molar-refractivity contribution in [2.24, 2.45) is 5.92 Å². The monoisotopic (exact) mass is 291 g/mol. The second kappa shape index (κ2) is 4.63. The van der Waals surface area contributed by atoms with E-state index in [0.717, 1.165) is 13.0 Å². The lowest BCUT2D eigenvalue weighted by atomic mass is 10.1. The Morgan fingerprint density at radius 3 is 2.56 bits per heavy atom. The van der Waals surface area contributed by atoms with Gasteiger partial charge in [0.05, 0.1) is 24.6 Å². The lowest BCUT2D eigenvalue weighted by Crippen LogP contribution is -2.41. The second-order valence-corrected chi connectivity index (χ2v) is 5.75. The third kappa shape index (κ3) is 2.26. The molecule has 2 heterocycles. The zero-order chi connectivity index (χ0) is 11.8. The smallest absolute Gasteiger partial charge is 0.236 e. The number of alkyl halides is 1. The van der Waals surface area contributed by atoms with Crippen molar-refractivity contribution < 1.29 is 14.3 Å². The van der Waals surface area contributed by atoms with E-state index in [9.17, 15) is 4.79 Å². The molecule has 0 aromatic carbocycles. The Morgan fingerprint density at radius 2 is 2.00 bits per heavy atom. The van der Waals surface area contributed by atoms with Crippen LogP contribution in [0.5, 0.6) is 0 Å². The molecule has 2 rings (SSSR count). The molecule has 0 aromatic heterocycles. The first-order valence-electron chi connectivity index (χ1n) is 5.75. The number of hydrogen-bond acceptors (Lipinski definition) is 3. The molecule has 1 unspecified atom stereocenters. The van der Waals surface area contributed by atoms with Crippen LogP contribution >= 0.6 is 15.9 Å². The standard InChI is InChI=1S/C11H18BrNO3/c1-8(2)9(12)10(14)13-4-3-11(7-13)15-5-6-16-11/h8-9H,3-7H2,1-2H3. The van der Waals surface area contributed by atoms with Crippen LogP contribution < -0.4 is 0 Å². The fraction of sp³-hybridized carbons (Fsp3) is 0.909. The quantitative estimate of drug-likeness (QED) is 0.722. The van der Waals surface area contributed by atoms with Gasteiger partial charge in [0.1, 0.15) is 0 Å². The van der Waals surface area contributed by atoms with Crippen molar-refractivity contribution in [1.82, 2.24) is 4.90 Å². The summed E-state index contributed by atoms with van der Waals surface area (Å²) < 4.78 is 11.2. The summed E-state index contributed by atoms with van der Waals surface area (Å²) in [4.78, 5) is 13.8. The Bertz CT molecular complexity index is 276. The third-order valence-electron chi connectivity index (χ3n) is 3.14. The van der Waals surface area contributed by atoms with Gasteiger partial charge in [0.15, 0.2) is 5.79 Å². The molecular formula is C11H18BrNO3. The first-order valence-corrected chi connectivity index (χ1v) is 6.66. The summed E-state index contributed by atoms with van der Waals surface area (Å²) in [5.74, 6) is -0.0558. The molecule has 4 nitrogen and oxygen atoms in total. The van der Waals surface area contributed by atoms with Gasteiger partial charge in [0.2, 0.25) is 5.91 Å². The highest BCUT2D eigenvalue weighted by Crippen LogP contribution is 2.31. The van der Waals surface area contributed by atoms with E-state index in [1.807, 2.05) is 18.7 Å². The topological polar surface area (TPSA) is 38.8 Å². The minimum Gasteiger partial charge on any atom is -0.346 e. The van der Waals surface area contributed by atoms with Gasteiger partial charge in [-0.2, -0.15) is 0 Å². The Hall–Kier alpha value is -0.130. The zero-order valence-electron chi connectivity index (χ0n) is 9.74. The molecule has 2 saturated heterocycles. The van der Waals surface area contributed by atoms with Crippen molar-refractivity contribution in [2.75, 3.05) is 26.3 Å². The number of amides is 1. The van der Waals surface area contributed by atoms with E-state index in [4.69, 9.17) is 9.47 Å². The van der Waals surface area contributed by atoms with Crippen LogP contribution in [0.25, 0.3) is 0 Å². The number of halogens is 1. The summed E-state index contributed by atoms with van der Waals surface area (Å²) in [7, 11) is 0. The number of carbonyl (C=O) groups is 1.